The van der Waals surface area contributed by atoms with Gasteiger partial charge in [-0.1, -0.05) is 6.92 Å². The van der Waals surface area contributed by atoms with Crippen molar-refractivity contribution in [3.63, 3.8) is 0 Å². The highest BCUT2D eigenvalue weighted by Gasteiger charge is 2.18. The molecule has 1 aliphatic heterocycles. The first kappa shape index (κ1) is 7.03. The molecule has 0 saturated carbocycles. The smallest absolute Gasteiger partial charge is 0.0597 e. The number of ether oxygens (including phenoxy) is 1. The molecule has 1 rings (SSSR count). The molecule has 0 aromatic carbocycles. The van der Waals surface area contributed by atoms with Crippen LogP contribution in [0.2, 0.25) is 0 Å². The summed E-state index contributed by atoms with van der Waals surface area (Å²) in [5.74, 6) is 0. The molecule has 0 aromatic rings. The molecule has 0 aliphatic carbocycles. The van der Waals surface area contributed by atoms with Gasteiger partial charge in [-0.3, -0.25) is 0 Å². The molecule has 0 radical (unpaired) electrons. The van der Waals surface area contributed by atoms with E-state index in [1.54, 1.807) is 0 Å². The number of aliphatic hydroxyl groups excluding tert-OH is 1. The standard InChI is InChI=1S/C7H14O2/c1-2-7-5-6(8)3-4-9-7/h6-8H,2-5H2,1H3/t6?,7-/m0/s1. The lowest BCUT2D eigenvalue weighted by molar-refractivity contribution is -0.0441. The zero-order chi connectivity index (χ0) is 6.69. The summed E-state index contributed by atoms with van der Waals surface area (Å²) < 4.78 is 5.34. The van der Waals surface area contributed by atoms with Crippen LogP contribution in [0.3, 0.4) is 0 Å². The van der Waals surface area contributed by atoms with Crippen molar-refractivity contribution >= 4 is 0 Å². The maximum atomic E-state index is 9.13. The highest BCUT2D eigenvalue weighted by Crippen LogP contribution is 2.15. The van der Waals surface area contributed by atoms with Crippen LogP contribution >= 0.6 is 0 Å². The Kier molecular flexibility index (Phi) is 2.49. The van der Waals surface area contributed by atoms with E-state index in [0.29, 0.717) is 6.10 Å². The SMILES string of the molecule is CC[C@H]1CC(O)CCO1. The molecule has 1 saturated heterocycles. The van der Waals surface area contributed by atoms with E-state index in [-0.39, 0.29) is 6.10 Å². The Bertz CT molecular complexity index is 83.0. The largest absolute Gasteiger partial charge is 0.393 e. The maximum absolute atomic E-state index is 9.13. The van der Waals surface area contributed by atoms with Crippen molar-refractivity contribution in [2.75, 3.05) is 6.61 Å². The predicted octanol–water partition coefficient (Wildman–Crippen LogP) is 0.936. The van der Waals surface area contributed by atoms with Crippen LogP contribution in [-0.4, -0.2) is 23.9 Å². The van der Waals surface area contributed by atoms with E-state index in [9.17, 15) is 0 Å². The van der Waals surface area contributed by atoms with Crippen molar-refractivity contribution in [2.45, 2.75) is 38.4 Å². The van der Waals surface area contributed by atoms with Crippen LogP contribution in [0, 0.1) is 0 Å². The van der Waals surface area contributed by atoms with E-state index in [4.69, 9.17) is 9.84 Å². The second-order valence-electron chi connectivity index (χ2n) is 2.58. The van der Waals surface area contributed by atoms with Crippen LogP contribution < -0.4 is 0 Å². The molecule has 2 nitrogen and oxygen atoms in total. The lowest BCUT2D eigenvalue weighted by atomic mass is 10.0. The van der Waals surface area contributed by atoms with E-state index in [1.807, 2.05) is 0 Å². The van der Waals surface area contributed by atoms with Gasteiger partial charge in [0.25, 0.3) is 0 Å². The molecule has 1 heterocycles. The molecule has 1 aliphatic rings. The summed E-state index contributed by atoms with van der Waals surface area (Å²) in [5.41, 5.74) is 0. The molecule has 0 spiro atoms. The van der Waals surface area contributed by atoms with Crippen molar-refractivity contribution in [3.05, 3.63) is 0 Å². The highest BCUT2D eigenvalue weighted by molar-refractivity contribution is 4.68. The molecule has 2 heteroatoms. The minimum absolute atomic E-state index is 0.108. The first-order valence-corrected chi connectivity index (χ1v) is 3.62. The van der Waals surface area contributed by atoms with Crippen LogP contribution in [0.4, 0.5) is 0 Å². The van der Waals surface area contributed by atoms with Crippen molar-refractivity contribution in [3.8, 4) is 0 Å². The Morgan fingerprint density at radius 1 is 1.67 bits per heavy atom. The minimum atomic E-state index is -0.108. The second kappa shape index (κ2) is 3.18. The fraction of sp³-hybridized carbons (Fsp3) is 1.00. The molecule has 0 bridgehead atoms. The number of hydrogen-bond acceptors (Lipinski definition) is 2. The van der Waals surface area contributed by atoms with Gasteiger partial charge in [-0.25, -0.2) is 0 Å². The molecule has 54 valence electrons. The molecule has 2 atom stereocenters. The van der Waals surface area contributed by atoms with Crippen LogP contribution in [0.25, 0.3) is 0 Å². The van der Waals surface area contributed by atoms with E-state index >= 15 is 0 Å². The fourth-order valence-electron chi connectivity index (χ4n) is 1.14. The van der Waals surface area contributed by atoms with Crippen molar-refractivity contribution in [1.82, 2.24) is 0 Å². The first-order chi connectivity index (χ1) is 4.33. The fourth-order valence-corrected chi connectivity index (χ4v) is 1.14. The minimum Gasteiger partial charge on any atom is -0.393 e. The third-order valence-electron chi connectivity index (χ3n) is 1.79. The average Bonchev–Trinajstić information content (AvgIpc) is 1.88. The van der Waals surface area contributed by atoms with Gasteiger partial charge in [0.05, 0.1) is 12.2 Å². The van der Waals surface area contributed by atoms with Crippen molar-refractivity contribution in [2.24, 2.45) is 0 Å². The van der Waals surface area contributed by atoms with E-state index in [2.05, 4.69) is 6.92 Å². The monoisotopic (exact) mass is 130 g/mol. The summed E-state index contributed by atoms with van der Waals surface area (Å²) in [7, 11) is 0. The Labute approximate surface area is 55.8 Å². The van der Waals surface area contributed by atoms with Crippen molar-refractivity contribution in [1.29, 1.82) is 0 Å². The number of aliphatic hydroxyl groups is 1. The van der Waals surface area contributed by atoms with Crippen molar-refractivity contribution < 1.29 is 9.84 Å². The van der Waals surface area contributed by atoms with Gasteiger partial charge < -0.3 is 9.84 Å². The van der Waals surface area contributed by atoms with Gasteiger partial charge in [0.15, 0.2) is 0 Å². The second-order valence-corrected chi connectivity index (χ2v) is 2.58. The predicted molar refractivity (Wildman–Crippen MR) is 35.3 cm³/mol. The molecule has 9 heavy (non-hydrogen) atoms. The third kappa shape index (κ3) is 1.95. The molecule has 0 aromatic heterocycles. The highest BCUT2D eigenvalue weighted by atomic mass is 16.5. The number of hydrogen-bond donors (Lipinski definition) is 1. The summed E-state index contributed by atoms with van der Waals surface area (Å²) >= 11 is 0. The van der Waals surface area contributed by atoms with Crippen LogP contribution in [0.15, 0.2) is 0 Å². The first-order valence-electron chi connectivity index (χ1n) is 3.62. The zero-order valence-corrected chi connectivity index (χ0v) is 5.84. The molecular weight excluding hydrogens is 116 g/mol. The van der Waals surface area contributed by atoms with Gasteiger partial charge >= 0.3 is 0 Å². The van der Waals surface area contributed by atoms with Crippen LogP contribution in [0.1, 0.15) is 26.2 Å². The Morgan fingerprint density at radius 3 is 2.89 bits per heavy atom. The van der Waals surface area contributed by atoms with Gasteiger partial charge in [0.1, 0.15) is 0 Å². The zero-order valence-electron chi connectivity index (χ0n) is 5.84. The van der Waals surface area contributed by atoms with Crippen LogP contribution in [0.5, 0.6) is 0 Å². The van der Waals surface area contributed by atoms with Gasteiger partial charge in [0, 0.05) is 6.61 Å². The lowest BCUT2D eigenvalue weighted by Gasteiger charge is -2.25. The molecule has 0 amide bonds. The number of rotatable bonds is 1. The van der Waals surface area contributed by atoms with E-state index < -0.39 is 0 Å². The summed E-state index contributed by atoms with van der Waals surface area (Å²) in [4.78, 5) is 0. The molecule has 1 N–H and O–H groups in total. The van der Waals surface area contributed by atoms with Gasteiger partial charge in [0.2, 0.25) is 0 Å². The Morgan fingerprint density at radius 2 is 2.44 bits per heavy atom. The lowest BCUT2D eigenvalue weighted by Crippen LogP contribution is -2.28. The van der Waals surface area contributed by atoms with Gasteiger partial charge in [-0.2, -0.15) is 0 Å². The van der Waals surface area contributed by atoms with Gasteiger partial charge in [-0.15, -0.1) is 0 Å². The van der Waals surface area contributed by atoms with Crippen LogP contribution in [-0.2, 0) is 4.74 Å². The average molecular weight is 130 g/mol. The molecule has 1 fully saturated rings. The van der Waals surface area contributed by atoms with E-state index in [1.165, 1.54) is 0 Å². The molecular formula is C7H14O2. The van der Waals surface area contributed by atoms with Gasteiger partial charge in [-0.05, 0) is 19.3 Å². The summed E-state index contributed by atoms with van der Waals surface area (Å²) in [6.07, 6.45) is 2.88. The molecule has 1 unspecified atom stereocenters. The van der Waals surface area contributed by atoms with E-state index in [0.717, 1.165) is 25.9 Å². The Balaban J connectivity index is 2.23. The maximum Gasteiger partial charge on any atom is 0.0597 e. The topological polar surface area (TPSA) is 29.5 Å². The summed E-state index contributed by atoms with van der Waals surface area (Å²) in [6.45, 7) is 2.82. The quantitative estimate of drug-likeness (QED) is 0.572. The normalized spacial score (nSPS) is 36.7. The Hall–Kier alpha value is -0.0800. The summed E-state index contributed by atoms with van der Waals surface area (Å²) in [5, 5.41) is 9.13. The third-order valence-corrected chi connectivity index (χ3v) is 1.79. The summed E-state index contributed by atoms with van der Waals surface area (Å²) in [6, 6.07) is 0.